The molecule has 1 saturated carbocycles. The number of aromatic nitrogens is 2. The van der Waals surface area contributed by atoms with Crippen LogP contribution in [0.5, 0.6) is 0 Å². The highest BCUT2D eigenvalue weighted by Crippen LogP contribution is 2.39. The lowest BCUT2D eigenvalue weighted by molar-refractivity contribution is -0.140. The van der Waals surface area contributed by atoms with Gasteiger partial charge in [0.1, 0.15) is 11.6 Å². The number of carboxylic acids is 1. The van der Waals surface area contributed by atoms with Gasteiger partial charge >= 0.3 is 5.97 Å². The molecule has 5 heteroatoms. The molecular weight excluding hydrogens is 242 g/mol. The molecule has 1 N–H and O–H groups in total. The van der Waals surface area contributed by atoms with Crippen LogP contribution in [0.2, 0.25) is 0 Å². The third-order valence-corrected chi connectivity index (χ3v) is 4.16. The van der Waals surface area contributed by atoms with Crippen LogP contribution in [0.3, 0.4) is 0 Å². The molecule has 0 radical (unpaired) electrons. The van der Waals surface area contributed by atoms with Crippen molar-refractivity contribution in [3.63, 3.8) is 0 Å². The van der Waals surface area contributed by atoms with E-state index in [1.54, 1.807) is 0 Å². The molecular formula is C14H19N3O2. The van der Waals surface area contributed by atoms with Gasteiger partial charge in [-0.3, -0.25) is 4.79 Å². The van der Waals surface area contributed by atoms with Gasteiger partial charge in [0.2, 0.25) is 0 Å². The first kappa shape index (κ1) is 12.4. The molecule has 0 unspecified atom stereocenters. The number of nitrogens with zero attached hydrogens (tertiary/aromatic N) is 3. The predicted molar refractivity (Wildman–Crippen MR) is 71.4 cm³/mol. The van der Waals surface area contributed by atoms with E-state index in [0.29, 0.717) is 18.9 Å². The minimum absolute atomic E-state index is 0.265. The Bertz CT molecular complexity index is 526. The van der Waals surface area contributed by atoms with Gasteiger partial charge < -0.3 is 10.0 Å². The maximum absolute atomic E-state index is 11.1. The molecule has 2 aliphatic rings. The summed E-state index contributed by atoms with van der Waals surface area (Å²) in [5.74, 6) is 1.44. The topological polar surface area (TPSA) is 66.3 Å². The number of anilines is 1. The summed E-state index contributed by atoms with van der Waals surface area (Å²) in [6.07, 6.45) is 3.07. The van der Waals surface area contributed by atoms with E-state index in [9.17, 15) is 4.79 Å². The highest BCUT2D eigenvalue weighted by atomic mass is 16.4. The minimum Gasteiger partial charge on any atom is -0.481 e. The van der Waals surface area contributed by atoms with Crippen molar-refractivity contribution in [3.8, 4) is 0 Å². The molecule has 0 aromatic carbocycles. The summed E-state index contributed by atoms with van der Waals surface area (Å²) in [5.41, 5.74) is 2.10. The third-order valence-electron chi connectivity index (χ3n) is 4.16. The van der Waals surface area contributed by atoms with Crippen molar-refractivity contribution in [1.29, 1.82) is 0 Å². The SMILES string of the molecule is Cc1nc(C2CC2)nc(N2CC[C@H](C(=O)O)C2)c1C. The third kappa shape index (κ3) is 2.29. The second-order valence-electron chi connectivity index (χ2n) is 5.66. The highest BCUT2D eigenvalue weighted by Gasteiger charge is 2.32. The standard InChI is InChI=1S/C14H19N3O2/c1-8-9(2)15-12(10-3-4-10)16-13(8)17-6-5-11(7-17)14(18)19/h10-11H,3-7H2,1-2H3,(H,18,19)/t11-/m0/s1. The molecule has 0 amide bonds. The van der Waals surface area contributed by atoms with E-state index in [-0.39, 0.29) is 5.92 Å². The molecule has 102 valence electrons. The Labute approximate surface area is 112 Å². The highest BCUT2D eigenvalue weighted by molar-refractivity contribution is 5.72. The van der Waals surface area contributed by atoms with E-state index in [2.05, 4.69) is 9.88 Å². The molecule has 1 atom stereocenters. The quantitative estimate of drug-likeness (QED) is 0.900. The molecule has 3 rings (SSSR count). The zero-order valence-corrected chi connectivity index (χ0v) is 11.4. The van der Waals surface area contributed by atoms with Gasteiger partial charge in [0.05, 0.1) is 5.92 Å². The Morgan fingerprint density at radius 2 is 2.00 bits per heavy atom. The van der Waals surface area contributed by atoms with E-state index in [1.807, 2.05) is 13.8 Å². The first-order valence-electron chi connectivity index (χ1n) is 6.89. The Morgan fingerprint density at radius 1 is 1.26 bits per heavy atom. The van der Waals surface area contributed by atoms with Crippen molar-refractivity contribution in [2.45, 2.75) is 39.0 Å². The van der Waals surface area contributed by atoms with Gasteiger partial charge in [0.25, 0.3) is 0 Å². The van der Waals surface area contributed by atoms with Crippen LogP contribution in [0, 0.1) is 19.8 Å². The lowest BCUT2D eigenvalue weighted by Crippen LogP contribution is -2.25. The Balaban J connectivity index is 1.89. The molecule has 19 heavy (non-hydrogen) atoms. The summed E-state index contributed by atoms with van der Waals surface area (Å²) >= 11 is 0. The van der Waals surface area contributed by atoms with Gasteiger partial charge in [-0.25, -0.2) is 9.97 Å². The van der Waals surface area contributed by atoms with Gasteiger partial charge in [-0.1, -0.05) is 0 Å². The first-order valence-corrected chi connectivity index (χ1v) is 6.89. The molecule has 1 aromatic rings. The Hall–Kier alpha value is -1.65. The van der Waals surface area contributed by atoms with Crippen LogP contribution in [0.25, 0.3) is 0 Å². The van der Waals surface area contributed by atoms with E-state index < -0.39 is 5.97 Å². The van der Waals surface area contributed by atoms with Crippen molar-refractivity contribution in [3.05, 3.63) is 17.1 Å². The number of rotatable bonds is 3. The molecule has 2 fully saturated rings. The number of carbonyl (C=O) groups is 1. The van der Waals surface area contributed by atoms with Gasteiger partial charge in [-0.2, -0.15) is 0 Å². The van der Waals surface area contributed by atoms with E-state index in [0.717, 1.165) is 29.4 Å². The zero-order valence-electron chi connectivity index (χ0n) is 11.4. The number of hydrogen-bond acceptors (Lipinski definition) is 4. The normalized spacial score (nSPS) is 22.8. The maximum Gasteiger partial charge on any atom is 0.308 e. The fraction of sp³-hybridized carbons (Fsp3) is 0.643. The lowest BCUT2D eigenvalue weighted by Gasteiger charge is -2.20. The van der Waals surface area contributed by atoms with Gasteiger partial charge in [-0.15, -0.1) is 0 Å². The van der Waals surface area contributed by atoms with E-state index in [4.69, 9.17) is 10.1 Å². The summed E-state index contributed by atoms with van der Waals surface area (Å²) in [6, 6.07) is 0. The fourth-order valence-electron chi connectivity index (χ4n) is 2.62. The monoisotopic (exact) mass is 261 g/mol. The summed E-state index contributed by atoms with van der Waals surface area (Å²) < 4.78 is 0. The van der Waals surface area contributed by atoms with Crippen molar-refractivity contribution >= 4 is 11.8 Å². The average Bonchev–Trinajstić information content (AvgIpc) is 3.09. The summed E-state index contributed by atoms with van der Waals surface area (Å²) in [7, 11) is 0. The van der Waals surface area contributed by atoms with Gasteiger partial charge in [0, 0.05) is 30.3 Å². The average molecular weight is 261 g/mol. The van der Waals surface area contributed by atoms with Crippen molar-refractivity contribution in [2.24, 2.45) is 5.92 Å². The Morgan fingerprint density at radius 3 is 2.58 bits per heavy atom. The maximum atomic E-state index is 11.1. The predicted octanol–water partition coefficient (Wildman–Crippen LogP) is 1.88. The van der Waals surface area contributed by atoms with Crippen LogP contribution >= 0.6 is 0 Å². The minimum atomic E-state index is -0.701. The summed E-state index contributed by atoms with van der Waals surface area (Å²) in [4.78, 5) is 22.4. The van der Waals surface area contributed by atoms with E-state index in [1.165, 1.54) is 12.8 Å². The molecule has 0 bridgehead atoms. The summed E-state index contributed by atoms with van der Waals surface area (Å²) in [5, 5.41) is 9.10. The van der Waals surface area contributed by atoms with Crippen LogP contribution in [0.1, 0.15) is 42.3 Å². The molecule has 1 aromatic heterocycles. The lowest BCUT2D eigenvalue weighted by atomic mass is 10.1. The number of hydrogen-bond donors (Lipinski definition) is 1. The Kier molecular flexibility index (Phi) is 2.92. The molecule has 2 heterocycles. The number of carboxylic acid groups (broad SMARTS) is 1. The van der Waals surface area contributed by atoms with Crippen molar-refractivity contribution < 1.29 is 9.90 Å². The second kappa shape index (κ2) is 4.47. The van der Waals surface area contributed by atoms with Crippen LogP contribution < -0.4 is 4.90 Å². The van der Waals surface area contributed by atoms with Crippen LogP contribution in [0.15, 0.2) is 0 Å². The van der Waals surface area contributed by atoms with Crippen LogP contribution in [-0.2, 0) is 4.79 Å². The fourth-order valence-corrected chi connectivity index (χ4v) is 2.62. The first-order chi connectivity index (χ1) is 9.06. The zero-order chi connectivity index (χ0) is 13.6. The second-order valence-corrected chi connectivity index (χ2v) is 5.66. The van der Waals surface area contributed by atoms with Crippen LogP contribution in [-0.4, -0.2) is 34.1 Å². The molecule has 1 aliphatic heterocycles. The largest absolute Gasteiger partial charge is 0.481 e. The van der Waals surface area contributed by atoms with Gasteiger partial charge in [0.15, 0.2) is 0 Å². The summed E-state index contributed by atoms with van der Waals surface area (Å²) in [6.45, 7) is 5.38. The molecule has 0 spiro atoms. The molecule has 1 saturated heterocycles. The molecule has 1 aliphatic carbocycles. The smallest absolute Gasteiger partial charge is 0.308 e. The molecule has 5 nitrogen and oxygen atoms in total. The van der Waals surface area contributed by atoms with Crippen molar-refractivity contribution in [2.75, 3.05) is 18.0 Å². The number of aryl methyl sites for hydroxylation is 1. The number of aliphatic carboxylic acids is 1. The van der Waals surface area contributed by atoms with Gasteiger partial charge in [-0.05, 0) is 33.1 Å². The van der Waals surface area contributed by atoms with Crippen molar-refractivity contribution in [1.82, 2.24) is 9.97 Å². The van der Waals surface area contributed by atoms with Crippen LogP contribution in [0.4, 0.5) is 5.82 Å². The van der Waals surface area contributed by atoms with E-state index >= 15 is 0 Å².